The summed E-state index contributed by atoms with van der Waals surface area (Å²) in [4.78, 5) is 50.9. The molecule has 2 amide bonds. The van der Waals surface area contributed by atoms with E-state index in [1.165, 1.54) is 25.3 Å². The van der Waals surface area contributed by atoms with E-state index < -0.39 is 22.7 Å². The Balaban J connectivity index is 1.79. The molecule has 0 aliphatic carbocycles. The minimum absolute atomic E-state index is 0.0101. The van der Waals surface area contributed by atoms with Gasteiger partial charge in [0, 0.05) is 17.0 Å². The normalized spacial score (nSPS) is 12.7. The number of hydrogen-bond acceptors (Lipinski definition) is 6. The molecule has 0 saturated carbocycles. The Hall–Kier alpha value is -5.05. The van der Waals surface area contributed by atoms with Crippen molar-refractivity contribution in [3.05, 3.63) is 99.6 Å². The van der Waals surface area contributed by atoms with Crippen LogP contribution >= 0.6 is 0 Å². The summed E-state index contributed by atoms with van der Waals surface area (Å²) in [5.41, 5.74) is 0.522. The van der Waals surface area contributed by atoms with Crippen LogP contribution in [-0.2, 0) is 0 Å². The minimum Gasteiger partial charge on any atom is -0.497 e. The predicted molar refractivity (Wildman–Crippen MR) is 127 cm³/mol. The third-order valence-electron chi connectivity index (χ3n) is 5.93. The van der Waals surface area contributed by atoms with Gasteiger partial charge in [-0.1, -0.05) is 24.3 Å². The van der Waals surface area contributed by atoms with Crippen LogP contribution in [0.1, 0.15) is 31.1 Å². The van der Waals surface area contributed by atoms with Gasteiger partial charge in [0.25, 0.3) is 17.5 Å². The number of anilines is 1. The maximum atomic E-state index is 13.5. The molecule has 0 aromatic heterocycles. The Kier molecular flexibility index (Phi) is 5.02. The Bertz CT molecular complexity index is 1580. The van der Waals surface area contributed by atoms with Crippen molar-refractivity contribution in [1.82, 2.24) is 0 Å². The molecule has 5 rings (SSSR count). The molecule has 4 aromatic carbocycles. The van der Waals surface area contributed by atoms with Crippen LogP contribution in [0.3, 0.4) is 0 Å². The number of amides is 2. The summed E-state index contributed by atoms with van der Waals surface area (Å²) in [5, 5.41) is 22.1. The van der Waals surface area contributed by atoms with Crippen molar-refractivity contribution in [3.8, 4) is 16.9 Å². The Morgan fingerprint density at radius 3 is 2.29 bits per heavy atom. The van der Waals surface area contributed by atoms with Crippen LogP contribution in [0.2, 0.25) is 0 Å². The maximum absolute atomic E-state index is 13.5. The summed E-state index contributed by atoms with van der Waals surface area (Å²) in [6, 6.07) is 17.9. The molecule has 0 bridgehead atoms. The third-order valence-corrected chi connectivity index (χ3v) is 5.93. The molecule has 0 atom stereocenters. The zero-order valence-electron chi connectivity index (χ0n) is 18.2. The molecule has 0 saturated heterocycles. The van der Waals surface area contributed by atoms with Crippen LogP contribution in [0.15, 0.2) is 72.8 Å². The van der Waals surface area contributed by atoms with Crippen LogP contribution in [0.25, 0.3) is 21.9 Å². The Morgan fingerprint density at radius 1 is 0.943 bits per heavy atom. The van der Waals surface area contributed by atoms with Gasteiger partial charge in [0.15, 0.2) is 0 Å². The average molecular weight is 468 g/mol. The van der Waals surface area contributed by atoms with Crippen LogP contribution < -0.4 is 9.64 Å². The first kappa shape index (κ1) is 21.8. The molecule has 1 aliphatic rings. The molecule has 9 nitrogen and oxygen atoms in total. The molecule has 0 unspecified atom stereocenters. The van der Waals surface area contributed by atoms with Gasteiger partial charge in [0.1, 0.15) is 5.75 Å². The average Bonchev–Trinajstić information content (AvgIpc) is 2.87. The maximum Gasteiger partial charge on any atom is 0.335 e. The van der Waals surface area contributed by atoms with Crippen molar-refractivity contribution < 1.29 is 29.2 Å². The first-order valence-electron chi connectivity index (χ1n) is 10.4. The summed E-state index contributed by atoms with van der Waals surface area (Å²) in [5.74, 6) is -1.91. The van der Waals surface area contributed by atoms with E-state index in [4.69, 9.17) is 4.74 Å². The first-order valence-corrected chi connectivity index (χ1v) is 10.4. The quantitative estimate of drug-likeness (QED) is 0.250. The number of ether oxygens (including phenoxy) is 1. The molecule has 0 fully saturated rings. The highest BCUT2D eigenvalue weighted by atomic mass is 16.6. The number of aromatic carboxylic acids is 1. The lowest BCUT2D eigenvalue weighted by molar-refractivity contribution is -0.384. The van der Waals surface area contributed by atoms with Gasteiger partial charge in [0.05, 0.1) is 34.4 Å². The zero-order valence-corrected chi connectivity index (χ0v) is 18.2. The van der Waals surface area contributed by atoms with Crippen LogP contribution in [0.5, 0.6) is 5.75 Å². The highest BCUT2D eigenvalue weighted by Gasteiger charge is 2.37. The van der Waals surface area contributed by atoms with Gasteiger partial charge in [-0.15, -0.1) is 0 Å². The number of nitro benzene ring substituents is 1. The Labute approximate surface area is 197 Å². The number of hydrogen-bond donors (Lipinski definition) is 1. The number of carboxylic acid groups (broad SMARTS) is 1. The van der Waals surface area contributed by atoms with E-state index >= 15 is 0 Å². The predicted octanol–water partition coefficient (Wildman–Crippen LogP) is 4.92. The van der Waals surface area contributed by atoms with Crippen molar-refractivity contribution in [2.45, 2.75) is 0 Å². The second-order valence-electron chi connectivity index (χ2n) is 7.83. The number of rotatable bonds is 5. The highest BCUT2D eigenvalue weighted by Crippen LogP contribution is 2.43. The molecule has 9 heteroatoms. The monoisotopic (exact) mass is 468 g/mol. The van der Waals surface area contributed by atoms with Gasteiger partial charge in [-0.05, 0) is 53.4 Å². The smallest absolute Gasteiger partial charge is 0.335 e. The molecular weight excluding hydrogens is 452 g/mol. The minimum atomic E-state index is -1.18. The second-order valence-corrected chi connectivity index (χ2v) is 7.83. The van der Waals surface area contributed by atoms with Gasteiger partial charge in [-0.2, -0.15) is 0 Å². The number of carbonyl (C=O) groups excluding carboxylic acids is 2. The van der Waals surface area contributed by atoms with E-state index in [0.29, 0.717) is 16.8 Å². The lowest BCUT2D eigenvalue weighted by atomic mass is 9.87. The number of methoxy groups -OCH3 is 1. The number of imide groups is 1. The molecule has 1 heterocycles. The van der Waals surface area contributed by atoms with E-state index in [2.05, 4.69) is 0 Å². The van der Waals surface area contributed by atoms with Gasteiger partial charge < -0.3 is 9.84 Å². The molecule has 0 radical (unpaired) electrons. The molecule has 0 spiro atoms. The summed E-state index contributed by atoms with van der Waals surface area (Å²) in [7, 11) is 1.49. The second kappa shape index (κ2) is 8.07. The van der Waals surface area contributed by atoms with E-state index in [-0.39, 0.29) is 38.9 Å². The third kappa shape index (κ3) is 3.37. The van der Waals surface area contributed by atoms with Gasteiger partial charge >= 0.3 is 5.97 Å². The summed E-state index contributed by atoms with van der Waals surface area (Å²) >= 11 is 0. The number of benzene rings is 4. The highest BCUT2D eigenvalue weighted by molar-refractivity contribution is 6.37. The molecule has 1 aliphatic heterocycles. The molecule has 35 heavy (non-hydrogen) atoms. The largest absolute Gasteiger partial charge is 0.497 e. The van der Waals surface area contributed by atoms with Crippen molar-refractivity contribution in [1.29, 1.82) is 0 Å². The molecular formula is C26H16N2O7. The van der Waals surface area contributed by atoms with Crippen LogP contribution in [-0.4, -0.2) is 34.9 Å². The molecule has 4 aromatic rings. The fourth-order valence-corrected chi connectivity index (χ4v) is 4.37. The molecule has 1 N–H and O–H groups in total. The number of carboxylic acids is 1. The van der Waals surface area contributed by atoms with E-state index in [9.17, 15) is 29.6 Å². The van der Waals surface area contributed by atoms with E-state index in [1.807, 2.05) is 0 Å². The van der Waals surface area contributed by atoms with Crippen LogP contribution in [0, 0.1) is 10.1 Å². The summed E-state index contributed by atoms with van der Waals surface area (Å²) in [6.45, 7) is 0. The van der Waals surface area contributed by atoms with Crippen molar-refractivity contribution >= 4 is 39.9 Å². The fraction of sp³-hybridized carbons (Fsp3) is 0.0385. The molecule has 172 valence electrons. The SMILES string of the molecule is COc1ccc(N2C(=O)c3cccc4c(-c5cccc(C(=O)O)c5)c([N+](=O)[O-])cc(c34)C2=O)cc1. The van der Waals surface area contributed by atoms with Crippen molar-refractivity contribution in [3.63, 3.8) is 0 Å². The summed E-state index contributed by atoms with van der Waals surface area (Å²) in [6.07, 6.45) is 0. The van der Waals surface area contributed by atoms with Crippen LogP contribution in [0.4, 0.5) is 11.4 Å². The standard InChI is InChI=1S/C26H16N2O7/c1-35-17-10-8-16(9-11-17)27-24(29)19-7-3-6-18-22(14-4-2-5-15(12-14)26(31)32)21(28(33)34)13-20(23(18)19)25(27)30/h2-13H,1H3,(H,31,32). The van der Waals surface area contributed by atoms with Crippen molar-refractivity contribution in [2.75, 3.05) is 12.0 Å². The zero-order chi connectivity index (χ0) is 24.9. The topological polar surface area (TPSA) is 127 Å². The van der Waals surface area contributed by atoms with E-state index in [1.54, 1.807) is 48.5 Å². The van der Waals surface area contributed by atoms with Gasteiger partial charge in [-0.3, -0.25) is 19.7 Å². The first-order chi connectivity index (χ1) is 16.8. The fourth-order valence-electron chi connectivity index (χ4n) is 4.37. The van der Waals surface area contributed by atoms with E-state index in [0.717, 1.165) is 11.0 Å². The lowest BCUT2D eigenvalue weighted by Gasteiger charge is -2.28. The lowest BCUT2D eigenvalue weighted by Crippen LogP contribution is -2.40. The number of nitro groups is 1. The summed E-state index contributed by atoms with van der Waals surface area (Å²) < 4.78 is 5.13. The number of nitrogens with zero attached hydrogens (tertiary/aromatic N) is 2. The van der Waals surface area contributed by atoms with Crippen molar-refractivity contribution in [2.24, 2.45) is 0 Å². The van der Waals surface area contributed by atoms with Gasteiger partial charge in [-0.25, -0.2) is 9.69 Å². The van der Waals surface area contributed by atoms with Gasteiger partial charge in [0.2, 0.25) is 0 Å². The Morgan fingerprint density at radius 2 is 1.63 bits per heavy atom. The number of carbonyl (C=O) groups is 3.